The summed E-state index contributed by atoms with van der Waals surface area (Å²) in [5, 5.41) is 16.9. The molecule has 32 heavy (non-hydrogen) atoms. The second kappa shape index (κ2) is 8.38. The second-order valence-corrected chi connectivity index (χ2v) is 8.22. The number of anilines is 3. The number of halogens is 1. The molecule has 10 nitrogen and oxygen atoms in total. The molecule has 0 spiro atoms. The molecular weight excluding hydrogens is 430 g/mol. The molecule has 0 radical (unpaired) electrons. The Hall–Kier alpha value is -3.21. The van der Waals surface area contributed by atoms with E-state index in [2.05, 4.69) is 30.8 Å². The predicted molar refractivity (Wildman–Crippen MR) is 124 cm³/mol. The highest BCUT2D eigenvalue weighted by atomic mass is 35.5. The normalized spacial score (nSPS) is 18.8. The van der Waals surface area contributed by atoms with Crippen molar-refractivity contribution in [3.8, 4) is 5.82 Å². The van der Waals surface area contributed by atoms with E-state index in [1.165, 1.54) is 0 Å². The molecule has 166 valence electrons. The van der Waals surface area contributed by atoms with Gasteiger partial charge in [0.2, 0.25) is 5.95 Å². The van der Waals surface area contributed by atoms with Crippen LogP contribution in [0.1, 0.15) is 12.1 Å². The molecule has 1 aliphatic heterocycles. The van der Waals surface area contributed by atoms with E-state index in [-0.39, 0.29) is 12.1 Å². The maximum atomic E-state index is 6.23. The minimum atomic E-state index is -0.0491. The smallest absolute Gasteiger partial charge is 0.229 e. The zero-order valence-corrected chi connectivity index (χ0v) is 18.5. The largest absolute Gasteiger partial charge is 0.380 e. The van der Waals surface area contributed by atoms with Crippen molar-refractivity contribution < 1.29 is 4.74 Å². The summed E-state index contributed by atoms with van der Waals surface area (Å²) in [6, 6.07) is 7.73. The number of nitrogens with two attached hydrogens (primary N) is 1. The Labute approximate surface area is 189 Å². The minimum absolute atomic E-state index is 0.0491. The molecule has 4 heterocycles. The molecule has 5 rings (SSSR count). The number of nitrogens with zero attached hydrogens (tertiary/aromatic N) is 6. The van der Waals surface area contributed by atoms with Gasteiger partial charge in [0.1, 0.15) is 0 Å². The van der Waals surface area contributed by atoms with Gasteiger partial charge in [0, 0.05) is 49.1 Å². The third kappa shape index (κ3) is 3.99. The van der Waals surface area contributed by atoms with Crippen molar-refractivity contribution in [2.24, 2.45) is 12.8 Å². The zero-order valence-electron chi connectivity index (χ0n) is 17.8. The van der Waals surface area contributed by atoms with E-state index in [0.29, 0.717) is 30.1 Å². The van der Waals surface area contributed by atoms with E-state index in [1.807, 2.05) is 44.4 Å². The number of benzene rings is 1. The summed E-state index contributed by atoms with van der Waals surface area (Å²) >= 11 is 6.23. The number of hydrogen-bond donors (Lipinski definition) is 3. The van der Waals surface area contributed by atoms with Gasteiger partial charge in [-0.2, -0.15) is 15.2 Å². The summed E-state index contributed by atoms with van der Waals surface area (Å²) in [5.41, 5.74) is 9.74. The number of hydrogen-bond acceptors (Lipinski definition) is 8. The lowest BCUT2D eigenvalue weighted by molar-refractivity contribution is 0.0752. The molecule has 0 unspecified atom stereocenters. The fraction of sp³-hybridized carbons (Fsp3) is 0.333. The van der Waals surface area contributed by atoms with Crippen LogP contribution < -0.4 is 16.4 Å². The minimum Gasteiger partial charge on any atom is -0.380 e. The van der Waals surface area contributed by atoms with E-state index in [0.717, 1.165) is 34.4 Å². The molecular formula is C21H24ClN9O. The molecule has 2 atom stereocenters. The third-order valence-corrected chi connectivity index (χ3v) is 5.86. The van der Waals surface area contributed by atoms with Crippen molar-refractivity contribution in [1.82, 2.24) is 29.5 Å². The highest BCUT2D eigenvalue weighted by Crippen LogP contribution is 2.27. The fourth-order valence-corrected chi connectivity index (χ4v) is 4.09. The molecule has 0 amide bonds. The number of rotatable bonds is 5. The lowest BCUT2D eigenvalue weighted by Crippen LogP contribution is -2.47. The van der Waals surface area contributed by atoms with Gasteiger partial charge in [0.15, 0.2) is 11.0 Å². The van der Waals surface area contributed by atoms with E-state index < -0.39 is 0 Å². The number of ether oxygens (including phenoxy) is 1. The average molecular weight is 454 g/mol. The Bertz CT molecular complexity index is 1270. The van der Waals surface area contributed by atoms with Crippen molar-refractivity contribution in [2.45, 2.75) is 25.4 Å². The van der Waals surface area contributed by atoms with Gasteiger partial charge in [-0.3, -0.25) is 4.68 Å². The Morgan fingerprint density at radius 3 is 2.97 bits per heavy atom. The molecule has 1 aromatic carbocycles. The molecule has 4 N–H and O–H groups in total. The number of nitrogens with one attached hydrogen (secondary N) is 2. The molecule has 11 heteroatoms. The Balaban J connectivity index is 1.37. The van der Waals surface area contributed by atoms with Crippen LogP contribution in [0.3, 0.4) is 0 Å². The van der Waals surface area contributed by atoms with Crippen LogP contribution in [-0.4, -0.2) is 54.8 Å². The van der Waals surface area contributed by atoms with Crippen molar-refractivity contribution in [2.75, 3.05) is 23.8 Å². The van der Waals surface area contributed by atoms with Crippen LogP contribution >= 0.6 is 11.6 Å². The summed E-state index contributed by atoms with van der Waals surface area (Å²) < 4.78 is 8.91. The summed E-state index contributed by atoms with van der Waals surface area (Å²) in [6.45, 7) is 3.22. The Kier molecular flexibility index (Phi) is 5.41. The van der Waals surface area contributed by atoms with Crippen LogP contribution in [0.15, 0.2) is 36.7 Å². The maximum Gasteiger partial charge on any atom is 0.229 e. The van der Waals surface area contributed by atoms with E-state index in [4.69, 9.17) is 22.1 Å². The maximum absolute atomic E-state index is 6.23. The van der Waals surface area contributed by atoms with Crippen molar-refractivity contribution in [1.29, 1.82) is 0 Å². The van der Waals surface area contributed by atoms with Gasteiger partial charge in [-0.25, -0.2) is 9.67 Å². The van der Waals surface area contributed by atoms with Crippen molar-refractivity contribution in [3.05, 3.63) is 47.5 Å². The van der Waals surface area contributed by atoms with Crippen LogP contribution in [0.4, 0.5) is 17.3 Å². The first-order valence-corrected chi connectivity index (χ1v) is 10.7. The lowest BCUT2D eigenvalue weighted by Gasteiger charge is -2.29. The summed E-state index contributed by atoms with van der Waals surface area (Å²) in [4.78, 5) is 8.95. The number of fused-ring (bicyclic) bond motifs is 1. The first kappa shape index (κ1) is 20.7. The van der Waals surface area contributed by atoms with Crippen LogP contribution in [0.25, 0.3) is 16.7 Å². The highest BCUT2D eigenvalue weighted by Gasteiger charge is 2.23. The van der Waals surface area contributed by atoms with Crippen LogP contribution in [0.5, 0.6) is 0 Å². The van der Waals surface area contributed by atoms with E-state index in [9.17, 15) is 0 Å². The molecule has 0 aliphatic carbocycles. The van der Waals surface area contributed by atoms with Gasteiger partial charge in [0.05, 0.1) is 29.7 Å². The highest BCUT2D eigenvalue weighted by molar-refractivity contribution is 6.34. The van der Waals surface area contributed by atoms with Crippen molar-refractivity contribution >= 4 is 39.8 Å². The molecule has 4 aromatic rings. The van der Waals surface area contributed by atoms with E-state index in [1.54, 1.807) is 15.6 Å². The van der Waals surface area contributed by atoms with Crippen LogP contribution in [-0.2, 0) is 11.8 Å². The van der Waals surface area contributed by atoms with Gasteiger partial charge in [-0.05, 0) is 31.5 Å². The first-order valence-electron chi connectivity index (χ1n) is 10.4. The lowest BCUT2D eigenvalue weighted by atomic mass is 10.0. The zero-order chi connectivity index (χ0) is 22.2. The van der Waals surface area contributed by atoms with Gasteiger partial charge in [-0.1, -0.05) is 11.6 Å². The third-order valence-electron chi connectivity index (χ3n) is 5.58. The molecule has 1 saturated heterocycles. The monoisotopic (exact) mass is 453 g/mol. The predicted octanol–water partition coefficient (Wildman–Crippen LogP) is 2.78. The van der Waals surface area contributed by atoms with Gasteiger partial charge < -0.3 is 21.1 Å². The second-order valence-electron chi connectivity index (χ2n) is 7.86. The topological polar surface area (TPSA) is 121 Å². The Morgan fingerprint density at radius 1 is 1.25 bits per heavy atom. The quantitative estimate of drug-likeness (QED) is 0.422. The molecule has 0 saturated carbocycles. The first-order chi connectivity index (χ1) is 15.5. The number of aromatic nitrogens is 6. The van der Waals surface area contributed by atoms with Crippen LogP contribution in [0, 0.1) is 6.92 Å². The summed E-state index contributed by atoms with van der Waals surface area (Å²) in [6.07, 6.45) is 4.47. The fourth-order valence-electron chi connectivity index (χ4n) is 3.82. The summed E-state index contributed by atoms with van der Waals surface area (Å²) in [5.74, 6) is 1.10. The van der Waals surface area contributed by atoms with E-state index >= 15 is 0 Å². The van der Waals surface area contributed by atoms with Gasteiger partial charge >= 0.3 is 0 Å². The molecule has 0 bridgehead atoms. The standard InChI is InChI=1S/C21H24ClN9O/c1-12-17(26-16-6-8-32-11-15(16)23)10-31(28-12)19-5-7-24-21(27-19)25-13-3-4-18-14(9-13)20(22)29-30(18)2/h3-5,7,9-10,15-16,26H,6,8,11,23H2,1-2H3,(H,24,25,27)/t15-,16+/m0/s1. The SMILES string of the molecule is Cc1nn(-c2ccnc(Nc3ccc4c(c3)c(Cl)nn4C)n2)cc1N[C@@H]1CCOC[C@@H]1N. The van der Waals surface area contributed by atoms with Gasteiger partial charge in [0.25, 0.3) is 0 Å². The van der Waals surface area contributed by atoms with Gasteiger partial charge in [-0.15, -0.1) is 0 Å². The molecule has 1 aliphatic rings. The molecule has 1 fully saturated rings. The number of aryl methyl sites for hydroxylation is 2. The average Bonchev–Trinajstić information content (AvgIpc) is 3.29. The molecule has 3 aromatic heterocycles. The van der Waals surface area contributed by atoms with Crippen LogP contribution in [0.2, 0.25) is 5.15 Å². The summed E-state index contributed by atoms with van der Waals surface area (Å²) in [7, 11) is 1.86. The van der Waals surface area contributed by atoms with Crippen molar-refractivity contribution in [3.63, 3.8) is 0 Å². The Morgan fingerprint density at radius 2 is 2.12 bits per heavy atom.